The van der Waals surface area contributed by atoms with Crippen LogP contribution in [-0.2, 0) is 19.0 Å². The first-order chi connectivity index (χ1) is 11.7. The lowest BCUT2D eigenvalue weighted by Crippen LogP contribution is -2.33. The molecule has 7 heteroatoms. The van der Waals surface area contributed by atoms with Gasteiger partial charge in [0.25, 0.3) is 5.91 Å². The Morgan fingerprint density at radius 1 is 1.38 bits per heavy atom. The van der Waals surface area contributed by atoms with E-state index in [1.54, 1.807) is 25.3 Å². The highest BCUT2D eigenvalue weighted by Crippen LogP contribution is 2.29. The molecular formula is C17H21NO6. The molecule has 0 bridgehead atoms. The lowest BCUT2D eigenvalue weighted by molar-refractivity contribution is -0.118. The predicted molar refractivity (Wildman–Crippen MR) is 85.2 cm³/mol. The Morgan fingerprint density at radius 2 is 2.17 bits per heavy atom. The topological polar surface area (TPSA) is 83.1 Å². The number of nitrogens with one attached hydrogen (secondary N) is 1. The average Bonchev–Trinajstić information content (AvgIpc) is 2.62. The van der Waals surface area contributed by atoms with Gasteiger partial charge in [-0.1, -0.05) is 0 Å². The highest BCUT2D eigenvalue weighted by Gasteiger charge is 2.26. The standard InChI is InChI=1S/C17H21NO6/c1-21-15(11-4-6-22-7-5-11)9-24-17(20)12-2-3-13-14(8-12)23-10-16(19)18-13/h2-3,8,11,15H,4-7,9-10H2,1H3,(H,18,19). The average molecular weight is 335 g/mol. The first-order valence-corrected chi connectivity index (χ1v) is 8.01. The van der Waals surface area contributed by atoms with Crippen LogP contribution in [0.3, 0.4) is 0 Å². The number of rotatable bonds is 5. The van der Waals surface area contributed by atoms with E-state index in [2.05, 4.69) is 5.32 Å². The van der Waals surface area contributed by atoms with Crippen LogP contribution in [-0.4, -0.2) is 51.5 Å². The third kappa shape index (κ3) is 3.85. The molecule has 1 atom stereocenters. The van der Waals surface area contributed by atoms with Crippen LogP contribution in [0.4, 0.5) is 5.69 Å². The molecule has 1 unspecified atom stereocenters. The summed E-state index contributed by atoms with van der Waals surface area (Å²) in [6.45, 7) is 1.58. The number of ether oxygens (including phenoxy) is 4. The molecule has 1 saturated heterocycles. The van der Waals surface area contributed by atoms with E-state index < -0.39 is 5.97 Å². The number of hydrogen-bond acceptors (Lipinski definition) is 6. The lowest BCUT2D eigenvalue weighted by atomic mass is 9.94. The quantitative estimate of drug-likeness (QED) is 0.823. The van der Waals surface area contributed by atoms with Crippen molar-refractivity contribution in [3.8, 4) is 5.75 Å². The fourth-order valence-electron chi connectivity index (χ4n) is 2.93. The summed E-state index contributed by atoms with van der Waals surface area (Å²) < 4.78 is 21.5. The van der Waals surface area contributed by atoms with Crippen LogP contribution in [0.2, 0.25) is 0 Å². The molecule has 0 aliphatic carbocycles. The van der Waals surface area contributed by atoms with Gasteiger partial charge in [-0.3, -0.25) is 4.79 Å². The minimum atomic E-state index is -0.438. The van der Waals surface area contributed by atoms with E-state index in [0.29, 0.717) is 36.1 Å². The van der Waals surface area contributed by atoms with Gasteiger partial charge in [-0.05, 0) is 37.0 Å². The van der Waals surface area contributed by atoms with Gasteiger partial charge in [0.05, 0.1) is 17.4 Å². The summed E-state index contributed by atoms with van der Waals surface area (Å²) in [5.74, 6) is 0.153. The highest BCUT2D eigenvalue weighted by molar-refractivity contribution is 5.97. The van der Waals surface area contributed by atoms with E-state index in [-0.39, 0.29) is 25.2 Å². The SMILES string of the molecule is COC(COC(=O)c1ccc2c(c1)OCC(=O)N2)C1CCOCC1. The molecular weight excluding hydrogens is 314 g/mol. The zero-order chi connectivity index (χ0) is 16.9. The molecule has 0 aromatic heterocycles. The van der Waals surface area contributed by atoms with Crippen molar-refractivity contribution < 1.29 is 28.5 Å². The largest absolute Gasteiger partial charge is 0.482 e. The Labute approximate surface area is 140 Å². The minimum absolute atomic E-state index is 0.0546. The minimum Gasteiger partial charge on any atom is -0.482 e. The molecule has 7 nitrogen and oxygen atoms in total. The van der Waals surface area contributed by atoms with Gasteiger partial charge in [-0.2, -0.15) is 0 Å². The first-order valence-electron chi connectivity index (χ1n) is 8.01. The first kappa shape index (κ1) is 16.7. The van der Waals surface area contributed by atoms with Crippen molar-refractivity contribution in [1.29, 1.82) is 0 Å². The van der Waals surface area contributed by atoms with Crippen LogP contribution >= 0.6 is 0 Å². The third-order valence-corrected chi connectivity index (χ3v) is 4.32. The Morgan fingerprint density at radius 3 is 2.92 bits per heavy atom. The number of hydrogen-bond donors (Lipinski definition) is 1. The summed E-state index contributed by atoms with van der Waals surface area (Å²) in [7, 11) is 1.63. The highest BCUT2D eigenvalue weighted by atomic mass is 16.6. The zero-order valence-corrected chi connectivity index (χ0v) is 13.6. The normalized spacial score (nSPS) is 19.0. The summed E-state index contributed by atoms with van der Waals surface area (Å²) >= 11 is 0. The van der Waals surface area contributed by atoms with Crippen molar-refractivity contribution in [2.45, 2.75) is 18.9 Å². The maximum Gasteiger partial charge on any atom is 0.338 e. The van der Waals surface area contributed by atoms with E-state index in [9.17, 15) is 9.59 Å². The van der Waals surface area contributed by atoms with E-state index in [4.69, 9.17) is 18.9 Å². The molecule has 1 aromatic rings. The number of carbonyl (C=O) groups is 2. The fourth-order valence-corrected chi connectivity index (χ4v) is 2.93. The Hall–Kier alpha value is -2.12. The monoisotopic (exact) mass is 335 g/mol. The molecule has 24 heavy (non-hydrogen) atoms. The molecule has 3 rings (SSSR count). The number of fused-ring (bicyclic) bond motifs is 1. The molecule has 2 aliphatic heterocycles. The van der Waals surface area contributed by atoms with Crippen LogP contribution < -0.4 is 10.1 Å². The Balaban J connectivity index is 1.59. The van der Waals surface area contributed by atoms with Crippen molar-refractivity contribution in [2.75, 3.05) is 38.9 Å². The second kappa shape index (κ2) is 7.63. The number of benzene rings is 1. The van der Waals surface area contributed by atoms with Gasteiger partial charge < -0.3 is 24.3 Å². The summed E-state index contributed by atoms with van der Waals surface area (Å²) in [6.07, 6.45) is 1.68. The van der Waals surface area contributed by atoms with Crippen LogP contribution in [0.15, 0.2) is 18.2 Å². The van der Waals surface area contributed by atoms with Crippen molar-refractivity contribution in [3.05, 3.63) is 23.8 Å². The molecule has 0 spiro atoms. The van der Waals surface area contributed by atoms with Gasteiger partial charge in [0.2, 0.25) is 0 Å². The zero-order valence-electron chi connectivity index (χ0n) is 13.6. The van der Waals surface area contributed by atoms with Crippen LogP contribution in [0, 0.1) is 5.92 Å². The van der Waals surface area contributed by atoms with Crippen LogP contribution in [0.1, 0.15) is 23.2 Å². The second-order valence-corrected chi connectivity index (χ2v) is 5.87. The summed E-state index contributed by atoms with van der Waals surface area (Å²) in [4.78, 5) is 23.5. The number of amides is 1. The summed E-state index contributed by atoms with van der Waals surface area (Å²) in [6, 6.07) is 4.81. The molecule has 0 saturated carbocycles. The third-order valence-electron chi connectivity index (χ3n) is 4.32. The molecule has 2 aliphatic rings. The smallest absolute Gasteiger partial charge is 0.338 e. The number of anilines is 1. The van der Waals surface area contributed by atoms with E-state index in [1.807, 2.05) is 0 Å². The lowest BCUT2D eigenvalue weighted by Gasteiger charge is -2.28. The van der Waals surface area contributed by atoms with Gasteiger partial charge in [-0.15, -0.1) is 0 Å². The van der Waals surface area contributed by atoms with Gasteiger partial charge in [0.15, 0.2) is 6.61 Å². The van der Waals surface area contributed by atoms with Gasteiger partial charge in [0, 0.05) is 20.3 Å². The molecule has 1 N–H and O–H groups in total. The van der Waals surface area contributed by atoms with Crippen molar-refractivity contribution in [1.82, 2.24) is 0 Å². The summed E-state index contributed by atoms with van der Waals surface area (Å²) in [5, 5.41) is 2.68. The number of carbonyl (C=O) groups excluding carboxylic acids is 2. The molecule has 1 amide bonds. The maximum absolute atomic E-state index is 12.3. The van der Waals surface area contributed by atoms with Crippen LogP contribution in [0.5, 0.6) is 5.75 Å². The Kier molecular flexibility index (Phi) is 5.32. The molecule has 2 heterocycles. The molecule has 1 aromatic carbocycles. The van der Waals surface area contributed by atoms with Gasteiger partial charge >= 0.3 is 5.97 Å². The predicted octanol–water partition coefficient (Wildman–Crippen LogP) is 1.62. The molecule has 1 fully saturated rings. The van der Waals surface area contributed by atoms with E-state index in [1.165, 1.54) is 0 Å². The number of esters is 1. The van der Waals surface area contributed by atoms with Crippen molar-refractivity contribution in [3.63, 3.8) is 0 Å². The van der Waals surface area contributed by atoms with Crippen molar-refractivity contribution >= 4 is 17.6 Å². The van der Waals surface area contributed by atoms with E-state index >= 15 is 0 Å². The molecule has 130 valence electrons. The maximum atomic E-state index is 12.3. The van der Waals surface area contributed by atoms with Crippen molar-refractivity contribution in [2.24, 2.45) is 5.92 Å². The summed E-state index contributed by atoms with van der Waals surface area (Å²) in [5.41, 5.74) is 0.937. The number of methoxy groups -OCH3 is 1. The Bertz CT molecular complexity index is 611. The molecule has 0 radical (unpaired) electrons. The van der Waals surface area contributed by atoms with E-state index in [0.717, 1.165) is 12.8 Å². The van der Waals surface area contributed by atoms with Gasteiger partial charge in [0.1, 0.15) is 12.4 Å². The second-order valence-electron chi connectivity index (χ2n) is 5.87. The van der Waals surface area contributed by atoms with Gasteiger partial charge in [-0.25, -0.2) is 4.79 Å². The van der Waals surface area contributed by atoms with Crippen LogP contribution in [0.25, 0.3) is 0 Å². The fraction of sp³-hybridized carbons (Fsp3) is 0.529.